The van der Waals surface area contributed by atoms with E-state index in [2.05, 4.69) is 17.6 Å². The summed E-state index contributed by atoms with van der Waals surface area (Å²) in [6.45, 7) is 7.25. The van der Waals surface area contributed by atoms with E-state index in [1.54, 1.807) is 0 Å². The summed E-state index contributed by atoms with van der Waals surface area (Å²) in [5, 5.41) is 5.70. The first kappa shape index (κ1) is 19.9. The average molecular weight is 299 g/mol. The molecule has 0 fully saturated rings. The zero-order chi connectivity index (χ0) is 16.1. The zero-order valence-electron chi connectivity index (χ0n) is 13.9. The molecule has 4 N–H and O–H groups in total. The largest absolute Gasteiger partial charge is 0.356 e. The number of hydrogen-bond donors (Lipinski definition) is 3. The van der Waals surface area contributed by atoms with E-state index in [0.717, 1.165) is 32.1 Å². The Morgan fingerprint density at radius 3 is 2.33 bits per heavy atom. The Bertz CT molecular complexity index is 289. The van der Waals surface area contributed by atoms with Gasteiger partial charge in [-0.3, -0.25) is 9.59 Å². The average Bonchev–Trinajstić information content (AvgIpc) is 2.45. The first-order valence-electron chi connectivity index (χ1n) is 8.29. The highest BCUT2D eigenvalue weighted by atomic mass is 16.2. The van der Waals surface area contributed by atoms with Gasteiger partial charge in [-0.1, -0.05) is 26.7 Å². The molecule has 5 heteroatoms. The number of carbonyl (C=O) groups excluding carboxylic acids is 2. The van der Waals surface area contributed by atoms with Crippen molar-refractivity contribution >= 4 is 11.8 Å². The molecule has 0 heterocycles. The summed E-state index contributed by atoms with van der Waals surface area (Å²) >= 11 is 0. The molecular formula is C16H33N3O2. The van der Waals surface area contributed by atoms with Crippen molar-refractivity contribution in [2.75, 3.05) is 13.1 Å². The summed E-state index contributed by atoms with van der Waals surface area (Å²) in [4.78, 5) is 23.3. The molecule has 0 radical (unpaired) electrons. The predicted octanol–water partition coefficient (Wildman–Crippen LogP) is 1.95. The Labute approximate surface area is 129 Å². The van der Waals surface area contributed by atoms with Gasteiger partial charge in [0, 0.05) is 25.4 Å². The quantitative estimate of drug-likeness (QED) is 0.515. The van der Waals surface area contributed by atoms with Crippen molar-refractivity contribution in [3.05, 3.63) is 0 Å². The second-order valence-electron chi connectivity index (χ2n) is 5.75. The highest BCUT2D eigenvalue weighted by Crippen LogP contribution is 2.16. The molecule has 21 heavy (non-hydrogen) atoms. The summed E-state index contributed by atoms with van der Waals surface area (Å²) in [5.41, 5.74) is 5.59. The minimum Gasteiger partial charge on any atom is -0.356 e. The van der Waals surface area contributed by atoms with Gasteiger partial charge >= 0.3 is 0 Å². The van der Waals surface area contributed by atoms with Crippen LogP contribution in [0.2, 0.25) is 0 Å². The summed E-state index contributed by atoms with van der Waals surface area (Å²) in [6.07, 6.45) is 5.91. The molecule has 0 aromatic carbocycles. The van der Waals surface area contributed by atoms with Crippen LogP contribution in [0.3, 0.4) is 0 Å². The van der Waals surface area contributed by atoms with Crippen LogP contribution in [0, 0.1) is 5.92 Å². The van der Waals surface area contributed by atoms with Gasteiger partial charge in [-0.15, -0.1) is 0 Å². The fourth-order valence-corrected chi connectivity index (χ4v) is 2.27. The topological polar surface area (TPSA) is 84.2 Å². The fraction of sp³-hybridized carbons (Fsp3) is 0.875. The SMILES string of the molecule is CCCC(CCN)CCC(=O)NCCC(=O)NC(C)CC. The summed E-state index contributed by atoms with van der Waals surface area (Å²) in [5.74, 6) is 0.570. The van der Waals surface area contributed by atoms with Crippen molar-refractivity contribution in [3.63, 3.8) is 0 Å². The Balaban J connectivity index is 3.76. The summed E-state index contributed by atoms with van der Waals surface area (Å²) in [7, 11) is 0. The van der Waals surface area contributed by atoms with Gasteiger partial charge in [0.15, 0.2) is 0 Å². The molecule has 0 bridgehead atoms. The highest BCUT2D eigenvalue weighted by Gasteiger charge is 2.10. The maximum absolute atomic E-state index is 11.7. The normalized spacial score (nSPS) is 13.5. The minimum absolute atomic E-state index is 0.00311. The molecule has 0 rings (SSSR count). The zero-order valence-corrected chi connectivity index (χ0v) is 13.9. The smallest absolute Gasteiger partial charge is 0.221 e. The lowest BCUT2D eigenvalue weighted by molar-refractivity contribution is -0.122. The Morgan fingerprint density at radius 2 is 1.76 bits per heavy atom. The fourth-order valence-electron chi connectivity index (χ4n) is 2.27. The maximum Gasteiger partial charge on any atom is 0.221 e. The van der Waals surface area contributed by atoms with Gasteiger partial charge < -0.3 is 16.4 Å². The lowest BCUT2D eigenvalue weighted by Gasteiger charge is -2.15. The van der Waals surface area contributed by atoms with Crippen molar-refractivity contribution in [3.8, 4) is 0 Å². The van der Waals surface area contributed by atoms with E-state index >= 15 is 0 Å². The third-order valence-electron chi connectivity index (χ3n) is 3.75. The third kappa shape index (κ3) is 11.3. The molecule has 0 aliphatic heterocycles. The van der Waals surface area contributed by atoms with Crippen LogP contribution >= 0.6 is 0 Å². The summed E-state index contributed by atoms with van der Waals surface area (Å²) in [6, 6.07) is 0.194. The van der Waals surface area contributed by atoms with Gasteiger partial charge in [-0.05, 0) is 38.6 Å². The first-order valence-corrected chi connectivity index (χ1v) is 8.29. The second-order valence-corrected chi connectivity index (χ2v) is 5.75. The Hall–Kier alpha value is -1.10. The second kappa shape index (κ2) is 12.6. The van der Waals surface area contributed by atoms with Gasteiger partial charge in [-0.25, -0.2) is 0 Å². The number of rotatable bonds is 12. The van der Waals surface area contributed by atoms with Gasteiger partial charge in [0.25, 0.3) is 0 Å². The summed E-state index contributed by atoms with van der Waals surface area (Å²) < 4.78 is 0. The lowest BCUT2D eigenvalue weighted by atomic mass is 9.94. The minimum atomic E-state index is -0.00311. The van der Waals surface area contributed by atoms with Crippen LogP contribution in [-0.2, 0) is 9.59 Å². The number of nitrogens with two attached hydrogens (primary N) is 1. The number of carbonyl (C=O) groups is 2. The molecule has 0 saturated carbocycles. The molecule has 2 unspecified atom stereocenters. The van der Waals surface area contributed by atoms with Crippen molar-refractivity contribution in [2.24, 2.45) is 11.7 Å². The molecule has 0 aliphatic rings. The molecular weight excluding hydrogens is 266 g/mol. The lowest BCUT2D eigenvalue weighted by Crippen LogP contribution is -2.35. The van der Waals surface area contributed by atoms with Gasteiger partial charge in [0.2, 0.25) is 11.8 Å². The van der Waals surface area contributed by atoms with Crippen LogP contribution in [0.25, 0.3) is 0 Å². The van der Waals surface area contributed by atoms with Gasteiger partial charge in [0.1, 0.15) is 0 Å². The third-order valence-corrected chi connectivity index (χ3v) is 3.75. The van der Waals surface area contributed by atoms with Crippen molar-refractivity contribution in [2.45, 2.75) is 71.8 Å². The van der Waals surface area contributed by atoms with Crippen molar-refractivity contribution in [1.29, 1.82) is 0 Å². The van der Waals surface area contributed by atoms with Crippen molar-refractivity contribution < 1.29 is 9.59 Å². The maximum atomic E-state index is 11.7. The molecule has 0 aliphatic carbocycles. The predicted molar refractivity (Wildman–Crippen MR) is 86.8 cm³/mol. The van der Waals surface area contributed by atoms with E-state index in [1.165, 1.54) is 0 Å². The molecule has 0 spiro atoms. The molecule has 0 aromatic rings. The van der Waals surface area contributed by atoms with Crippen LogP contribution < -0.4 is 16.4 Å². The highest BCUT2D eigenvalue weighted by molar-refractivity contribution is 5.79. The van der Waals surface area contributed by atoms with Crippen LogP contribution in [0.5, 0.6) is 0 Å². The first-order chi connectivity index (χ1) is 10.0. The van der Waals surface area contributed by atoms with Crippen LogP contribution in [0.1, 0.15) is 65.7 Å². The molecule has 0 saturated heterocycles. The van der Waals surface area contributed by atoms with Crippen molar-refractivity contribution in [1.82, 2.24) is 10.6 Å². The van der Waals surface area contributed by atoms with E-state index in [4.69, 9.17) is 5.73 Å². The molecule has 5 nitrogen and oxygen atoms in total. The van der Waals surface area contributed by atoms with E-state index in [-0.39, 0.29) is 17.9 Å². The molecule has 124 valence electrons. The standard InChI is InChI=1S/C16H33N3O2/c1-4-6-14(9-11-17)7-8-15(20)18-12-10-16(21)19-13(3)5-2/h13-14H,4-12,17H2,1-3H3,(H,18,20)(H,19,21). The van der Waals surface area contributed by atoms with E-state index in [9.17, 15) is 9.59 Å². The van der Waals surface area contributed by atoms with Crippen LogP contribution in [0.4, 0.5) is 0 Å². The number of hydrogen-bond acceptors (Lipinski definition) is 3. The van der Waals surface area contributed by atoms with E-state index in [1.807, 2.05) is 13.8 Å². The number of nitrogens with one attached hydrogen (secondary N) is 2. The molecule has 2 atom stereocenters. The van der Waals surface area contributed by atoms with Crippen LogP contribution in [0.15, 0.2) is 0 Å². The molecule has 0 aromatic heterocycles. The Morgan fingerprint density at radius 1 is 1.05 bits per heavy atom. The number of amides is 2. The van der Waals surface area contributed by atoms with E-state index in [0.29, 0.717) is 31.8 Å². The molecule has 2 amide bonds. The monoisotopic (exact) mass is 299 g/mol. The van der Waals surface area contributed by atoms with E-state index < -0.39 is 0 Å². The van der Waals surface area contributed by atoms with Gasteiger partial charge in [-0.2, -0.15) is 0 Å². The van der Waals surface area contributed by atoms with Gasteiger partial charge in [0.05, 0.1) is 0 Å². The van der Waals surface area contributed by atoms with Crippen LogP contribution in [-0.4, -0.2) is 30.9 Å². The Kier molecular flexibility index (Phi) is 12.0.